The fourth-order valence-corrected chi connectivity index (χ4v) is 1.93. The molecule has 1 aromatic carbocycles. The molecule has 2 fully saturated rings. The van der Waals surface area contributed by atoms with E-state index in [1.807, 2.05) is 18.2 Å². The van der Waals surface area contributed by atoms with Crippen molar-refractivity contribution in [3.05, 3.63) is 35.9 Å². The fraction of sp³-hybridized carbons (Fsp3) is 0.308. The monoisotopic (exact) mass is 243 g/mol. The summed E-state index contributed by atoms with van der Waals surface area (Å²) < 4.78 is 0. The molecule has 1 heterocycles. The van der Waals surface area contributed by atoms with E-state index in [-0.39, 0.29) is 17.9 Å². The number of guanidine groups is 1. The van der Waals surface area contributed by atoms with Gasteiger partial charge in [0.1, 0.15) is 5.92 Å². The lowest BCUT2D eigenvalue weighted by Gasteiger charge is -2.23. The summed E-state index contributed by atoms with van der Waals surface area (Å²) in [4.78, 5) is 28.2. The predicted octanol–water partition coefficient (Wildman–Crippen LogP) is 0.535. The van der Waals surface area contributed by atoms with E-state index in [4.69, 9.17) is 0 Å². The molecule has 0 unspecified atom stereocenters. The Hall–Kier alpha value is -2.17. The minimum Gasteiger partial charge on any atom is -0.295 e. The average Bonchev–Trinajstić information content (AvgIpc) is 3.13. The van der Waals surface area contributed by atoms with Gasteiger partial charge in [-0.05, 0) is 18.4 Å². The summed E-state index contributed by atoms with van der Waals surface area (Å²) in [6, 6.07) is 9.27. The first-order valence-corrected chi connectivity index (χ1v) is 5.98. The lowest BCUT2D eigenvalue weighted by atomic mass is 9.96. The van der Waals surface area contributed by atoms with E-state index in [1.54, 1.807) is 12.1 Å². The van der Waals surface area contributed by atoms with Crippen molar-refractivity contribution in [1.82, 2.24) is 10.6 Å². The van der Waals surface area contributed by atoms with Crippen LogP contribution in [0.2, 0.25) is 0 Å². The summed E-state index contributed by atoms with van der Waals surface area (Å²) in [6.07, 6.45) is 2.05. The Morgan fingerprint density at radius 3 is 2.17 bits per heavy atom. The van der Waals surface area contributed by atoms with Crippen LogP contribution in [0, 0.1) is 0 Å². The van der Waals surface area contributed by atoms with Crippen molar-refractivity contribution in [2.75, 3.05) is 0 Å². The summed E-state index contributed by atoms with van der Waals surface area (Å²) >= 11 is 0. The summed E-state index contributed by atoms with van der Waals surface area (Å²) in [5, 5.41) is 5.29. The minimum absolute atomic E-state index is 0.258. The molecule has 1 aliphatic heterocycles. The van der Waals surface area contributed by atoms with Crippen molar-refractivity contribution < 1.29 is 9.59 Å². The number of rotatable bonds is 2. The lowest BCUT2D eigenvalue weighted by molar-refractivity contribution is -0.131. The Morgan fingerprint density at radius 1 is 1.00 bits per heavy atom. The third-order valence-corrected chi connectivity index (χ3v) is 3.00. The van der Waals surface area contributed by atoms with Gasteiger partial charge in [0.15, 0.2) is 0 Å². The largest absolute Gasteiger partial charge is 0.295 e. The van der Waals surface area contributed by atoms with Gasteiger partial charge in [-0.1, -0.05) is 30.3 Å². The number of nitrogens with one attached hydrogen (secondary N) is 2. The first kappa shape index (κ1) is 11.0. The van der Waals surface area contributed by atoms with Crippen LogP contribution in [0.3, 0.4) is 0 Å². The highest BCUT2D eigenvalue weighted by Crippen LogP contribution is 2.24. The summed E-state index contributed by atoms with van der Waals surface area (Å²) in [5.41, 5.74) is 0.693. The van der Waals surface area contributed by atoms with Crippen molar-refractivity contribution in [2.24, 2.45) is 4.99 Å². The van der Waals surface area contributed by atoms with Crippen LogP contribution in [0.15, 0.2) is 35.3 Å². The average molecular weight is 243 g/mol. The molecule has 2 aliphatic rings. The van der Waals surface area contributed by atoms with Crippen molar-refractivity contribution in [1.29, 1.82) is 0 Å². The molecule has 0 spiro atoms. The molecule has 1 aromatic rings. The zero-order chi connectivity index (χ0) is 12.5. The Labute approximate surface area is 104 Å². The number of aliphatic imine (C=N–C) groups is 1. The van der Waals surface area contributed by atoms with E-state index in [1.165, 1.54) is 0 Å². The molecular formula is C13H13N3O2. The van der Waals surface area contributed by atoms with Crippen LogP contribution in [0.1, 0.15) is 24.3 Å². The Morgan fingerprint density at radius 2 is 1.61 bits per heavy atom. The van der Waals surface area contributed by atoms with Crippen LogP contribution in [-0.4, -0.2) is 23.8 Å². The summed E-state index contributed by atoms with van der Waals surface area (Å²) in [7, 11) is 0. The molecule has 3 rings (SSSR count). The molecule has 1 aliphatic carbocycles. The second kappa shape index (κ2) is 4.25. The third kappa shape index (κ3) is 2.11. The van der Waals surface area contributed by atoms with Gasteiger partial charge < -0.3 is 0 Å². The van der Waals surface area contributed by atoms with Crippen LogP contribution in [0.4, 0.5) is 0 Å². The smallest absolute Gasteiger partial charge is 0.243 e. The molecule has 1 saturated carbocycles. The minimum atomic E-state index is -0.788. The van der Waals surface area contributed by atoms with Gasteiger partial charge in [-0.25, -0.2) is 4.99 Å². The van der Waals surface area contributed by atoms with Crippen molar-refractivity contribution in [3.8, 4) is 0 Å². The van der Waals surface area contributed by atoms with Gasteiger partial charge in [-0.2, -0.15) is 0 Å². The molecule has 0 radical (unpaired) electrons. The van der Waals surface area contributed by atoms with E-state index >= 15 is 0 Å². The first-order valence-electron chi connectivity index (χ1n) is 5.98. The fourth-order valence-electron chi connectivity index (χ4n) is 1.93. The highest BCUT2D eigenvalue weighted by atomic mass is 16.2. The van der Waals surface area contributed by atoms with E-state index in [0.717, 1.165) is 12.8 Å². The molecular weight excluding hydrogens is 230 g/mol. The number of benzene rings is 1. The van der Waals surface area contributed by atoms with Gasteiger partial charge in [0.25, 0.3) is 0 Å². The molecule has 92 valence electrons. The Balaban J connectivity index is 1.82. The number of amides is 2. The van der Waals surface area contributed by atoms with E-state index in [2.05, 4.69) is 15.6 Å². The standard InChI is InChI=1S/C13H13N3O2/c17-11-10(8-4-2-1-3-5-8)12(18)16-13(15-11)14-9-6-7-9/h1-5,9-10H,6-7H2,(H2,14,15,16,17,18). The number of hydrogen-bond acceptors (Lipinski definition) is 3. The van der Waals surface area contributed by atoms with Gasteiger partial charge >= 0.3 is 0 Å². The summed E-state index contributed by atoms with van der Waals surface area (Å²) in [6.45, 7) is 0. The molecule has 18 heavy (non-hydrogen) atoms. The second-order valence-corrected chi connectivity index (χ2v) is 4.53. The molecule has 1 saturated heterocycles. The number of carbonyl (C=O) groups is 2. The van der Waals surface area contributed by atoms with Crippen LogP contribution < -0.4 is 10.6 Å². The molecule has 0 atom stereocenters. The van der Waals surface area contributed by atoms with Crippen molar-refractivity contribution in [2.45, 2.75) is 24.8 Å². The molecule has 2 N–H and O–H groups in total. The molecule has 0 aromatic heterocycles. The maximum atomic E-state index is 12.0. The van der Waals surface area contributed by atoms with Crippen molar-refractivity contribution >= 4 is 17.8 Å². The number of carbonyl (C=O) groups excluding carboxylic acids is 2. The van der Waals surface area contributed by atoms with Crippen LogP contribution in [0.5, 0.6) is 0 Å². The zero-order valence-corrected chi connectivity index (χ0v) is 9.72. The van der Waals surface area contributed by atoms with Gasteiger partial charge in [0.05, 0.1) is 6.04 Å². The zero-order valence-electron chi connectivity index (χ0n) is 9.72. The lowest BCUT2D eigenvalue weighted by Crippen LogP contribution is -2.55. The van der Waals surface area contributed by atoms with E-state index in [9.17, 15) is 9.59 Å². The second-order valence-electron chi connectivity index (χ2n) is 4.53. The topological polar surface area (TPSA) is 70.6 Å². The predicted molar refractivity (Wildman–Crippen MR) is 65.9 cm³/mol. The van der Waals surface area contributed by atoms with Crippen LogP contribution >= 0.6 is 0 Å². The van der Waals surface area contributed by atoms with Crippen LogP contribution in [0.25, 0.3) is 0 Å². The molecule has 2 amide bonds. The van der Waals surface area contributed by atoms with E-state index in [0.29, 0.717) is 11.5 Å². The molecule has 0 bridgehead atoms. The third-order valence-electron chi connectivity index (χ3n) is 3.00. The first-order chi connectivity index (χ1) is 8.74. The molecule has 5 nitrogen and oxygen atoms in total. The van der Waals surface area contributed by atoms with Crippen LogP contribution in [-0.2, 0) is 9.59 Å². The Bertz CT molecular complexity index is 500. The Kier molecular flexibility index (Phi) is 2.59. The van der Waals surface area contributed by atoms with Gasteiger partial charge in [-0.3, -0.25) is 20.2 Å². The highest BCUT2D eigenvalue weighted by molar-refractivity contribution is 6.20. The number of hydrogen-bond donors (Lipinski definition) is 2. The highest BCUT2D eigenvalue weighted by Gasteiger charge is 2.35. The summed E-state index contributed by atoms with van der Waals surface area (Å²) in [5.74, 6) is -1.13. The van der Waals surface area contributed by atoms with Crippen molar-refractivity contribution in [3.63, 3.8) is 0 Å². The maximum Gasteiger partial charge on any atom is 0.243 e. The molecule has 5 heteroatoms. The quantitative estimate of drug-likeness (QED) is 0.744. The van der Waals surface area contributed by atoms with Gasteiger partial charge in [0.2, 0.25) is 17.8 Å². The van der Waals surface area contributed by atoms with E-state index < -0.39 is 5.92 Å². The van der Waals surface area contributed by atoms with Gasteiger partial charge in [-0.15, -0.1) is 0 Å². The SMILES string of the molecule is O=C1NC(=NC2CC2)NC(=O)C1c1ccccc1. The number of nitrogens with zero attached hydrogens (tertiary/aromatic N) is 1. The normalized spacial score (nSPS) is 23.3. The van der Waals surface area contributed by atoms with Gasteiger partial charge in [0, 0.05) is 0 Å². The maximum absolute atomic E-state index is 12.0.